The zero-order valence-electron chi connectivity index (χ0n) is 11.8. The predicted octanol–water partition coefficient (Wildman–Crippen LogP) is 1.40. The van der Waals surface area contributed by atoms with E-state index in [1.165, 1.54) is 45.4 Å². The molecule has 1 aliphatic heterocycles. The minimum absolute atomic E-state index is 0.725. The first-order valence-electron chi connectivity index (χ1n) is 7.36. The van der Waals surface area contributed by atoms with Crippen molar-refractivity contribution < 1.29 is 0 Å². The molecule has 1 saturated carbocycles. The first-order chi connectivity index (χ1) is 8.20. The zero-order chi connectivity index (χ0) is 12.3. The fourth-order valence-electron chi connectivity index (χ4n) is 3.41. The molecule has 2 rings (SSSR count). The Morgan fingerprint density at radius 2 is 2.06 bits per heavy atom. The van der Waals surface area contributed by atoms with E-state index in [0.717, 1.165) is 24.5 Å². The van der Waals surface area contributed by atoms with E-state index in [0.29, 0.717) is 0 Å². The summed E-state index contributed by atoms with van der Waals surface area (Å²) in [7, 11) is 2.25. The molecule has 1 N–H and O–H groups in total. The molecule has 0 aromatic rings. The first-order valence-corrected chi connectivity index (χ1v) is 7.36. The van der Waals surface area contributed by atoms with Crippen molar-refractivity contribution in [2.45, 2.75) is 45.2 Å². The van der Waals surface area contributed by atoms with Gasteiger partial charge in [0.2, 0.25) is 0 Å². The minimum Gasteiger partial charge on any atom is -0.314 e. The number of nitrogens with zero attached hydrogens (tertiary/aromatic N) is 2. The van der Waals surface area contributed by atoms with Gasteiger partial charge in [-0.05, 0) is 39.3 Å². The highest BCUT2D eigenvalue weighted by atomic mass is 15.3. The molecule has 2 fully saturated rings. The lowest BCUT2D eigenvalue weighted by atomic mass is 10.0. The number of hydrogen-bond acceptors (Lipinski definition) is 3. The lowest BCUT2D eigenvalue weighted by Gasteiger charge is -2.39. The smallest absolute Gasteiger partial charge is 0.0192 e. The summed E-state index contributed by atoms with van der Waals surface area (Å²) in [6.45, 7) is 10.8. The number of rotatable bonds is 4. The van der Waals surface area contributed by atoms with Crippen LogP contribution in [0.15, 0.2) is 0 Å². The molecule has 0 aromatic heterocycles. The first kappa shape index (κ1) is 13.3. The third-order valence-corrected chi connectivity index (χ3v) is 4.66. The van der Waals surface area contributed by atoms with Gasteiger partial charge in [0.05, 0.1) is 0 Å². The van der Waals surface area contributed by atoms with Crippen LogP contribution in [0.5, 0.6) is 0 Å². The molecule has 1 saturated heterocycles. The number of hydrogen-bond donors (Lipinski definition) is 1. The Morgan fingerprint density at radius 3 is 2.76 bits per heavy atom. The van der Waals surface area contributed by atoms with Gasteiger partial charge in [-0.3, -0.25) is 0 Å². The molecule has 2 aliphatic rings. The van der Waals surface area contributed by atoms with Crippen LogP contribution in [0.1, 0.15) is 33.1 Å². The van der Waals surface area contributed by atoms with Gasteiger partial charge in [0, 0.05) is 38.3 Å². The van der Waals surface area contributed by atoms with Crippen LogP contribution in [-0.2, 0) is 0 Å². The Hall–Kier alpha value is -0.120. The highest BCUT2D eigenvalue weighted by Gasteiger charge is 2.30. The van der Waals surface area contributed by atoms with Gasteiger partial charge in [-0.25, -0.2) is 0 Å². The van der Waals surface area contributed by atoms with E-state index >= 15 is 0 Å². The standard InChI is InChI=1S/C14H29N3/c1-4-15-14-7-5-6-13(14)11-17-9-8-16(3)12(2)10-17/h12-15H,4-11H2,1-3H3. The normalized spacial score (nSPS) is 36.5. The lowest BCUT2D eigenvalue weighted by Crippen LogP contribution is -2.52. The largest absolute Gasteiger partial charge is 0.314 e. The highest BCUT2D eigenvalue weighted by molar-refractivity contribution is 4.87. The van der Waals surface area contributed by atoms with Crippen LogP contribution < -0.4 is 5.32 Å². The van der Waals surface area contributed by atoms with E-state index < -0.39 is 0 Å². The summed E-state index contributed by atoms with van der Waals surface area (Å²) in [6, 6.07) is 1.51. The summed E-state index contributed by atoms with van der Waals surface area (Å²) in [5.41, 5.74) is 0. The van der Waals surface area contributed by atoms with Gasteiger partial charge < -0.3 is 15.1 Å². The van der Waals surface area contributed by atoms with Crippen LogP contribution in [0, 0.1) is 5.92 Å². The summed E-state index contributed by atoms with van der Waals surface area (Å²) >= 11 is 0. The molecule has 0 radical (unpaired) electrons. The molecule has 3 heteroatoms. The summed E-state index contributed by atoms with van der Waals surface area (Å²) < 4.78 is 0. The Labute approximate surface area is 107 Å². The van der Waals surface area contributed by atoms with Gasteiger partial charge in [-0.2, -0.15) is 0 Å². The molecule has 0 spiro atoms. The molecule has 0 aromatic carbocycles. The van der Waals surface area contributed by atoms with E-state index in [1.54, 1.807) is 0 Å². The Morgan fingerprint density at radius 1 is 1.24 bits per heavy atom. The molecule has 100 valence electrons. The average Bonchev–Trinajstić information content (AvgIpc) is 2.72. The molecule has 1 aliphatic carbocycles. The van der Waals surface area contributed by atoms with Gasteiger partial charge in [-0.1, -0.05) is 13.3 Å². The van der Waals surface area contributed by atoms with E-state index in [-0.39, 0.29) is 0 Å². The van der Waals surface area contributed by atoms with Crippen LogP contribution in [0.3, 0.4) is 0 Å². The summed E-state index contributed by atoms with van der Waals surface area (Å²) in [5.74, 6) is 0.894. The molecular formula is C14H29N3. The van der Waals surface area contributed by atoms with Gasteiger partial charge in [0.25, 0.3) is 0 Å². The number of likely N-dealkylation sites (N-methyl/N-ethyl adjacent to an activating group) is 1. The molecule has 3 unspecified atom stereocenters. The second kappa shape index (κ2) is 6.17. The van der Waals surface area contributed by atoms with E-state index in [9.17, 15) is 0 Å². The van der Waals surface area contributed by atoms with Crippen molar-refractivity contribution in [3.8, 4) is 0 Å². The van der Waals surface area contributed by atoms with Crippen molar-refractivity contribution in [1.29, 1.82) is 0 Å². The van der Waals surface area contributed by atoms with Crippen LogP contribution in [0.2, 0.25) is 0 Å². The van der Waals surface area contributed by atoms with Crippen LogP contribution >= 0.6 is 0 Å². The quantitative estimate of drug-likeness (QED) is 0.800. The van der Waals surface area contributed by atoms with E-state index in [1.807, 2.05) is 0 Å². The summed E-state index contributed by atoms with van der Waals surface area (Å²) in [4.78, 5) is 5.16. The van der Waals surface area contributed by atoms with Crippen molar-refractivity contribution in [2.24, 2.45) is 5.92 Å². The predicted molar refractivity (Wildman–Crippen MR) is 73.3 cm³/mol. The Balaban J connectivity index is 1.80. The molecular weight excluding hydrogens is 210 g/mol. The number of piperazine rings is 1. The fraction of sp³-hybridized carbons (Fsp3) is 1.00. The van der Waals surface area contributed by atoms with Crippen molar-refractivity contribution in [1.82, 2.24) is 15.1 Å². The fourth-order valence-corrected chi connectivity index (χ4v) is 3.41. The Kier molecular flexibility index (Phi) is 4.83. The average molecular weight is 239 g/mol. The van der Waals surface area contributed by atoms with Crippen LogP contribution in [-0.4, -0.2) is 61.7 Å². The third-order valence-electron chi connectivity index (χ3n) is 4.66. The van der Waals surface area contributed by atoms with Crippen molar-refractivity contribution in [3.05, 3.63) is 0 Å². The topological polar surface area (TPSA) is 18.5 Å². The summed E-state index contributed by atoms with van der Waals surface area (Å²) in [5, 5.41) is 3.67. The Bertz CT molecular complexity index is 232. The van der Waals surface area contributed by atoms with Crippen LogP contribution in [0.25, 0.3) is 0 Å². The SMILES string of the molecule is CCNC1CCCC1CN1CCN(C)C(C)C1. The highest BCUT2D eigenvalue weighted by Crippen LogP contribution is 2.27. The second-order valence-corrected chi connectivity index (χ2v) is 5.94. The van der Waals surface area contributed by atoms with Gasteiger partial charge in [-0.15, -0.1) is 0 Å². The molecule has 0 amide bonds. The summed E-state index contributed by atoms with van der Waals surface area (Å²) in [6.07, 6.45) is 4.24. The molecule has 1 heterocycles. The van der Waals surface area contributed by atoms with Gasteiger partial charge in [0.1, 0.15) is 0 Å². The van der Waals surface area contributed by atoms with Crippen LogP contribution in [0.4, 0.5) is 0 Å². The molecule has 17 heavy (non-hydrogen) atoms. The maximum Gasteiger partial charge on any atom is 0.0192 e. The molecule has 3 atom stereocenters. The van der Waals surface area contributed by atoms with Crippen molar-refractivity contribution >= 4 is 0 Å². The van der Waals surface area contributed by atoms with E-state index in [4.69, 9.17) is 0 Å². The maximum absolute atomic E-state index is 3.67. The van der Waals surface area contributed by atoms with Crippen molar-refractivity contribution in [2.75, 3.05) is 39.8 Å². The lowest BCUT2D eigenvalue weighted by molar-refractivity contribution is 0.0891. The second-order valence-electron chi connectivity index (χ2n) is 5.94. The zero-order valence-corrected chi connectivity index (χ0v) is 11.8. The van der Waals surface area contributed by atoms with Gasteiger partial charge in [0.15, 0.2) is 0 Å². The maximum atomic E-state index is 3.67. The third kappa shape index (κ3) is 3.43. The molecule has 0 bridgehead atoms. The monoisotopic (exact) mass is 239 g/mol. The minimum atomic E-state index is 0.725. The van der Waals surface area contributed by atoms with Gasteiger partial charge >= 0.3 is 0 Å². The van der Waals surface area contributed by atoms with Crippen molar-refractivity contribution in [3.63, 3.8) is 0 Å². The van der Waals surface area contributed by atoms with E-state index in [2.05, 4.69) is 36.0 Å². The molecule has 3 nitrogen and oxygen atoms in total. The number of nitrogens with one attached hydrogen (secondary N) is 1.